The van der Waals surface area contributed by atoms with Gasteiger partial charge in [0, 0.05) is 73.1 Å². The van der Waals surface area contributed by atoms with E-state index in [2.05, 4.69) is 72.0 Å². The smallest absolute Gasteiger partial charge is 0.267 e. The number of nitrogens with one attached hydrogen (secondary N) is 4. The Morgan fingerprint density at radius 3 is 2.35 bits per heavy atom. The summed E-state index contributed by atoms with van der Waals surface area (Å²) in [6.07, 6.45) is 4.99. The van der Waals surface area contributed by atoms with Crippen LogP contribution in [0.25, 0.3) is 0 Å². The van der Waals surface area contributed by atoms with E-state index < -0.39 is 11.9 Å². The van der Waals surface area contributed by atoms with E-state index in [-0.39, 0.29) is 48.6 Å². The molecule has 20 heteroatoms. The lowest BCUT2D eigenvalue weighted by Gasteiger charge is -2.45. The molecule has 2 fully saturated rings. The van der Waals surface area contributed by atoms with Gasteiger partial charge in [0.1, 0.15) is 34.1 Å². The third-order valence-electron chi connectivity index (χ3n) is 13.7. The highest BCUT2D eigenvalue weighted by Crippen LogP contribution is 2.34. The largest absolute Gasteiger partial charge is 0.494 e. The lowest BCUT2D eigenvalue weighted by molar-refractivity contribution is -0.136. The number of piperidine rings is 1. The molecule has 388 valence electrons. The van der Waals surface area contributed by atoms with Gasteiger partial charge in [0.05, 0.1) is 34.9 Å². The summed E-state index contributed by atoms with van der Waals surface area (Å²) in [4.78, 5) is 84.2. The van der Waals surface area contributed by atoms with Crippen LogP contribution in [-0.2, 0) is 16.1 Å². The van der Waals surface area contributed by atoms with Crippen LogP contribution in [0, 0.1) is 19.8 Å². The maximum absolute atomic E-state index is 13.3. The van der Waals surface area contributed by atoms with Gasteiger partial charge in [0.2, 0.25) is 11.8 Å². The Labute approximate surface area is 444 Å². The van der Waals surface area contributed by atoms with Gasteiger partial charge in [-0.1, -0.05) is 48.1 Å². The summed E-state index contributed by atoms with van der Waals surface area (Å²) in [7, 11) is 0. The number of halogens is 1. The monoisotopic (exact) mass is 1050 g/mol. The van der Waals surface area contributed by atoms with E-state index in [0.717, 1.165) is 62.6 Å². The van der Waals surface area contributed by atoms with Gasteiger partial charge in [-0.3, -0.25) is 34.2 Å². The minimum atomic E-state index is -0.747. The number of imide groups is 1. The summed E-state index contributed by atoms with van der Waals surface area (Å²) < 4.78 is 6.10. The second-order valence-corrected chi connectivity index (χ2v) is 21.2. The molecule has 3 aliphatic rings. The van der Waals surface area contributed by atoms with Crippen molar-refractivity contribution in [2.45, 2.75) is 84.8 Å². The van der Waals surface area contributed by atoms with Crippen molar-refractivity contribution in [1.29, 1.82) is 0 Å². The Hall–Kier alpha value is -7.61. The fourth-order valence-electron chi connectivity index (χ4n) is 9.84. The first-order valence-corrected chi connectivity index (χ1v) is 26.2. The Kier molecular flexibility index (Phi) is 15.9. The van der Waals surface area contributed by atoms with Gasteiger partial charge >= 0.3 is 0 Å². The zero-order valence-electron chi connectivity index (χ0n) is 42.5. The lowest BCUT2D eigenvalue weighted by Crippen LogP contribution is -2.55. The van der Waals surface area contributed by atoms with Crippen LogP contribution < -0.4 is 30.9 Å². The second-order valence-electron chi connectivity index (χ2n) is 19.7. The van der Waals surface area contributed by atoms with Crippen molar-refractivity contribution in [3.05, 3.63) is 135 Å². The predicted molar refractivity (Wildman–Crippen MR) is 290 cm³/mol. The number of hydrogen-bond donors (Lipinski definition) is 4. The van der Waals surface area contributed by atoms with Crippen molar-refractivity contribution in [1.82, 2.24) is 30.1 Å². The molecule has 0 radical (unpaired) electrons. The van der Waals surface area contributed by atoms with E-state index in [0.29, 0.717) is 78.6 Å². The number of hydrogen-bond acceptors (Lipinski definition) is 15. The number of azo groups is 1. The number of anilines is 5. The third-order valence-corrected chi connectivity index (χ3v) is 15.0. The van der Waals surface area contributed by atoms with Crippen LogP contribution in [0.3, 0.4) is 0 Å². The molecular formula is C55H59ClN12O6S. The van der Waals surface area contributed by atoms with Crippen molar-refractivity contribution in [2.75, 3.05) is 53.6 Å². The normalized spacial score (nSPS) is 16.5. The number of piperazine rings is 1. The van der Waals surface area contributed by atoms with E-state index in [1.54, 1.807) is 54.7 Å². The summed E-state index contributed by atoms with van der Waals surface area (Å²) >= 11 is 7.57. The molecule has 6 aromatic rings. The van der Waals surface area contributed by atoms with Crippen LogP contribution in [0.2, 0.25) is 5.02 Å². The highest BCUT2D eigenvalue weighted by atomic mass is 35.5. The molecule has 0 bridgehead atoms. The summed E-state index contributed by atoms with van der Waals surface area (Å²) in [5.41, 5.74) is 4.61. The molecule has 2 aromatic heterocycles. The number of aryl methyl sites for hydroxylation is 2. The molecule has 4 N–H and O–H groups in total. The lowest BCUT2D eigenvalue weighted by atomic mass is 9.87. The molecule has 75 heavy (non-hydrogen) atoms. The first-order valence-electron chi connectivity index (χ1n) is 25.0. The van der Waals surface area contributed by atoms with Gasteiger partial charge in [-0.2, -0.15) is 10.2 Å². The number of aromatic nitrogens is 3. The third kappa shape index (κ3) is 12.7. The van der Waals surface area contributed by atoms with Gasteiger partial charge in [0.25, 0.3) is 17.7 Å². The van der Waals surface area contributed by atoms with Crippen molar-refractivity contribution in [3.8, 4) is 5.75 Å². The number of thiazole rings is 1. The number of para-hydroxylation sites is 1. The van der Waals surface area contributed by atoms with Crippen LogP contribution in [-0.4, -0.2) is 98.7 Å². The summed E-state index contributed by atoms with van der Waals surface area (Å²) in [5.74, 6) is 1.58. The van der Waals surface area contributed by atoms with Crippen molar-refractivity contribution < 1.29 is 28.7 Å². The number of amides is 5. The number of carbonyl (C=O) groups is 5. The van der Waals surface area contributed by atoms with Crippen LogP contribution >= 0.6 is 22.9 Å². The van der Waals surface area contributed by atoms with Crippen LogP contribution in [0.5, 0.6) is 5.75 Å². The molecule has 2 saturated heterocycles. The number of carbonyl (C=O) groups excluding carboxylic acids is 5. The van der Waals surface area contributed by atoms with E-state index in [1.807, 2.05) is 56.3 Å². The molecule has 0 aliphatic carbocycles. The Morgan fingerprint density at radius 1 is 0.907 bits per heavy atom. The van der Waals surface area contributed by atoms with Gasteiger partial charge < -0.3 is 30.5 Å². The van der Waals surface area contributed by atoms with Crippen LogP contribution in [0.1, 0.15) is 100 Å². The van der Waals surface area contributed by atoms with Crippen molar-refractivity contribution in [3.63, 3.8) is 0 Å². The predicted octanol–water partition coefficient (Wildman–Crippen LogP) is 10.4. The first kappa shape index (κ1) is 52.3. The standard InChI is InChI=1S/C55H59ClN12O6S/c1-33(30-55(4,5)67-26-24-66(25-27-67)47-29-46(58-35(3)59-47)61-54-57-31-45(75-54)52(72)63-49-34(2)10-6-12-42(49)56)9-8-28-74-39-20-18-38(19-21-39)65-64-37-16-14-36(15-17-37)50(70)60-43-13-7-11-40-41(43)32-68(53(40)73)44-22-23-48(69)62-51(44)71/h6-7,10-21,29,31,33,44H,8-9,22-28,30,32H2,1-5H3,(H,60,70)(H,63,72)(H,62,69,71)(H,57,58,59,61)/b65-64+. The highest BCUT2D eigenvalue weighted by Gasteiger charge is 2.40. The fourth-order valence-corrected chi connectivity index (χ4v) is 10.8. The van der Waals surface area contributed by atoms with Crippen LogP contribution in [0.15, 0.2) is 107 Å². The van der Waals surface area contributed by atoms with Gasteiger partial charge in [-0.25, -0.2) is 15.0 Å². The molecule has 2 unspecified atom stereocenters. The Morgan fingerprint density at radius 2 is 1.63 bits per heavy atom. The molecule has 3 aliphatic heterocycles. The molecule has 0 saturated carbocycles. The second kappa shape index (κ2) is 22.9. The van der Waals surface area contributed by atoms with E-state index in [4.69, 9.17) is 21.3 Å². The number of ether oxygens (including phenoxy) is 1. The van der Waals surface area contributed by atoms with Gasteiger partial charge in [0.15, 0.2) is 5.13 Å². The van der Waals surface area contributed by atoms with E-state index in [9.17, 15) is 24.0 Å². The zero-order valence-corrected chi connectivity index (χ0v) is 44.1. The maximum Gasteiger partial charge on any atom is 0.267 e. The average molecular weight is 1050 g/mol. The van der Waals surface area contributed by atoms with Crippen molar-refractivity contribution in [2.24, 2.45) is 16.1 Å². The molecule has 4 aromatic carbocycles. The summed E-state index contributed by atoms with van der Waals surface area (Å²) in [5, 5.41) is 21.2. The quantitative estimate of drug-likeness (QED) is 0.0359. The first-order chi connectivity index (χ1) is 36.1. The average Bonchev–Trinajstić information content (AvgIpc) is 4.02. The summed E-state index contributed by atoms with van der Waals surface area (Å²) in [6.45, 7) is 15.0. The molecule has 2 atom stereocenters. The minimum absolute atomic E-state index is 0.0140. The highest BCUT2D eigenvalue weighted by molar-refractivity contribution is 7.17. The molecule has 18 nitrogen and oxygen atoms in total. The fraction of sp³-hybridized carbons (Fsp3) is 0.345. The maximum atomic E-state index is 13.3. The molecule has 9 rings (SSSR count). The molecule has 5 heterocycles. The number of nitrogens with zero attached hydrogens (tertiary/aromatic N) is 8. The topological polar surface area (TPSA) is 216 Å². The number of rotatable bonds is 18. The number of benzene rings is 4. The van der Waals surface area contributed by atoms with E-state index >= 15 is 0 Å². The van der Waals surface area contributed by atoms with Crippen LogP contribution in [0.4, 0.5) is 39.5 Å². The molecular weight excluding hydrogens is 992 g/mol. The minimum Gasteiger partial charge on any atom is -0.494 e. The van der Waals surface area contributed by atoms with Crippen molar-refractivity contribution >= 4 is 92.0 Å². The number of fused-ring (bicyclic) bond motifs is 1. The SMILES string of the molecule is Cc1nc(Nc2ncc(C(=O)Nc3c(C)cccc3Cl)s2)cc(N2CCN(C(C)(C)CC(C)CCCOc3ccc(/N=N/c4ccc(C(=O)Nc5cccc6c5CN(C5CCC(=O)NC5=O)C6=O)cc4)cc3)CC2)n1. The van der Waals surface area contributed by atoms with Gasteiger partial charge in [-0.05, 0) is 132 Å². The Balaban J connectivity index is 0.681. The molecule has 0 spiro atoms. The molecule has 5 amide bonds. The summed E-state index contributed by atoms with van der Waals surface area (Å²) in [6, 6.07) is 26.0. The van der Waals surface area contributed by atoms with E-state index in [1.165, 1.54) is 16.2 Å². The van der Waals surface area contributed by atoms with Gasteiger partial charge in [-0.15, -0.1) is 0 Å². The Bertz CT molecular complexity index is 3120. The zero-order chi connectivity index (χ0) is 52.8.